The Bertz CT molecular complexity index is 346. The van der Waals surface area contributed by atoms with E-state index in [-0.39, 0.29) is 11.8 Å². The van der Waals surface area contributed by atoms with Crippen molar-refractivity contribution >= 4 is 6.09 Å². The smallest absolute Gasteiger partial charge is 0.434 e. The monoisotopic (exact) mass is 271 g/mol. The highest BCUT2D eigenvalue weighted by atomic mass is 16.6. The van der Waals surface area contributed by atoms with E-state index in [9.17, 15) is 15.1 Å². The Balaban J connectivity index is 2.71. The van der Waals surface area contributed by atoms with E-state index in [2.05, 4.69) is 0 Å². The minimum absolute atomic E-state index is 0.0577. The van der Waals surface area contributed by atoms with E-state index >= 15 is 0 Å². The Hall–Kier alpha value is -1.07. The van der Waals surface area contributed by atoms with Crippen LogP contribution in [-0.2, 0) is 4.74 Å². The van der Waals surface area contributed by atoms with Gasteiger partial charge >= 0.3 is 6.09 Å². The topological polar surface area (TPSA) is 70.0 Å². The predicted molar refractivity (Wildman–Crippen MR) is 71.7 cm³/mol. The maximum atomic E-state index is 11.8. The van der Waals surface area contributed by atoms with Gasteiger partial charge in [0.2, 0.25) is 0 Å². The second kappa shape index (κ2) is 5.92. The van der Waals surface area contributed by atoms with Crippen molar-refractivity contribution < 1.29 is 19.8 Å². The summed E-state index contributed by atoms with van der Waals surface area (Å²) in [6, 6.07) is -0.466. The third kappa shape index (κ3) is 4.21. The Morgan fingerprint density at radius 3 is 2.47 bits per heavy atom. The van der Waals surface area contributed by atoms with E-state index in [4.69, 9.17) is 4.74 Å². The van der Waals surface area contributed by atoms with Gasteiger partial charge in [0, 0.05) is 5.92 Å². The number of aliphatic hydroxyl groups excluding tert-OH is 1. The van der Waals surface area contributed by atoms with Crippen molar-refractivity contribution in [2.75, 3.05) is 0 Å². The fourth-order valence-electron chi connectivity index (χ4n) is 2.15. The highest BCUT2D eigenvalue weighted by Gasteiger charge is 2.38. The number of ether oxygens (including phenoxy) is 1. The normalized spacial score (nSPS) is 24.6. The minimum Gasteiger partial charge on any atom is -0.442 e. The Kier molecular flexibility index (Phi) is 4.98. The Morgan fingerprint density at radius 1 is 1.42 bits per heavy atom. The molecule has 0 spiro atoms. The number of nitrogens with zero attached hydrogens (tertiary/aromatic N) is 1. The standard InChI is InChI=1S/C14H25NO4/c1-9(2)12(16)10-7-6-8-11(10)15(18)13(17)19-14(3,4)5/h6-7,9-12,16,18H,8H2,1-5H3. The van der Waals surface area contributed by atoms with Crippen LogP contribution in [-0.4, -0.2) is 39.2 Å². The summed E-state index contributed by atoms with van der Waals surface area (Å²) in [5, 5.41) is 20.7. The molecule has 5 heteroatoms. The summed E-state index contributed by atoms with van der Waals surface area (Å²) >= 11 is 0. The van der Waals surface area contributed by atoms with Crippen LogP contribution in [0.4, 0.5) is 4.79 Å². The first-order chi connectivity index (χ1) is 8.63. The van der Waals surface area contributed by atoms with Gasteiger partial charge in [-0.25, -0.2) is 4.79 Å². The van der Waals surface area contributed by atoms with Crippen LogP contribution in [0.5, 0.6) is 0 Å². The number of aliphatic hydroxyl groups is 1. The quantitative estimate of drug-likeness (QED) is 0.470. The lowest BCUT2D eigenvalue weighted by molar-refractivity contribution is -0.135. The van der Waals surface area contributed by atoms with Crippen LogP contribution in [0.3, 0.4) is 0 Å². The van der Waals surface area contributed by atoms with Gasteiger partial charge in [-0.2, -0.15) is 5.06 Å². The molecule has 0 saturated heterocycles. The highest BCUT2D eigenvalue weighted by Crippen LogP contribution is 2.29. The van der Waals surface area contributed by atoms with Gasteiger partial charge in [-0.05, 0) is 33.1 Å². The van der Waals surface area contributed by atoms with Crippen LogP contribution in [0.25, 0.3) is 0 Å². The fourth-order valence-corrected chi connectivity index (χ4v) is 2.15. The van der Waals surface area contributed by atoms with E-state index in [1.54, 1.807) is 20.8 Å². The molecule has 0 aromatic heterocycles. The van der Waals surface area contributed by atoms with E-state index in [1.807, 2.05) is 26.0 Å². The fraction of sp³-hybridized carbons (Fsp3) is 0.786. The molecule has 1 aliphatic rings. The first-order valence-corrected chi connectivity index (χ1v) is 6.69. The number of amides is 1. The third-order valence-corrected chi connectivity index (χ3v) is 3.15. The van der Waals surface area contributed by atoms with Crippen molar-refractivity contribution in [3.8, 4) is 0 Å². The molecule has 0 aromatic carbocycles. The summed E-state index contributed by atoms with van der Waals surface area (Å²) in [6.07, 6.45) is 2.87. The first kappa shape index (κ1) is 16.0. The SMILES string of the molecule is CC(C)C(O)C1C=CCC1N(O)C(=O)OC(C)(C)C. The maximum absolute atomic E-state index is 11.8. The molecule has 5 nitrogen and oxygen atoms in total. The molecule has 3 atom stereocenters. The molecule has 0 aliphatic heterocycles. The molecular formula is C14H25NO4. The van der Waals surface area contributed by atoms with Crippen LogP contribution in [0.1, 0.15) is 41.0 Å². The van der Waals surface area contributed by atoms with Crippen LogP contribution in [0, 0.1) is 11.8 Å². The summed E-state index contributed by atoms with van der Waals surface area (Å²) in [7, 11) is 0. The van der Waals surface area contributed by atoms with Crippen molar-refractivity contribution in [1.82, 2.24) is 5.06 Å². The van der Waals surface area contributed by atoms with Crippen LogP contribution in [0.2, 0.25) is 0 Å². The zero-order valence-electron chi connectivity index (χ0n) is 12.3. The molecule has 1 rings (SSSR count). The van der Waals surface area contributed by atoms with Gasteiger partial charge in [0.1, 0.15) is 5.60 Å². The van der Waals surface area contributed by atoms with Gasteiger partial charge in [-0.1, -0.05) is 26.0 Å². The lowest BCUT2D eigenvalue weighted by atomic mass is 9.89. The summed E-state index contributed by atoms with van der Waals surface area (Å²) < 4.78 is 5.13. The molecule has 2 N–H and O–H groups in total. The van der Waals surface area contributed by atoms with E-state index < -0.39 is 23.8 Å². The highest BCUT2D eigenvalue weighted by molar-refractivity contribution is 5.67. The van der Waals surface area contributed by atoms with Crippen LogP contribution >= 0.6 is 0 Å². The summed E-state index contributed by atoms with van der Waals surface area (Å²) in [5.41, 5.74) is -0.656. The second-order valence-corrected chi connectivity index (χ2v) is 6.37. The summed E-state index contributed by atoms with van der Waals surface area (Å²) in [6.45, 7) is 9.04. The van der Waals surface area contributed by atoms with E-state index in [0.29, 0.717) is 11.5 Å². The molecule has 0 bridgehead atoms. The molecule has 0 radical (unpaired) electrons. The van der Waals surface area contributed by atoms with Gasteiger partial charge in [0.15, 0.2) is 0 Å². The number of carbonyl (C=O) groups is 1. The molecule has 0 aromatic rings. The van der Waals surface area contributed by atoms with Crippen molar-refractivity contribution in [3.05, 3.63) is 12.2 Å². The number of hydrogen-bond acceptors (Lipinski definition) is 4. The van der Waals surface area contributed by atoms with Crippen molar-refractivity contribution in [2.45, 2.75) is 58.8 Å². The average Bonchev–Trinajstić information content (AvgIpc) is 2.72. The molecule has 1 amide bonds. The van der Waals surface area contributed by atoms with Gasteiger partial charge in [-0.15, -0.1) is 0 Å². The number of hydroxylamine groups is 2. The predicted octanol–water partition coefficient (Wildman–Crippen LogP) is 2.57. The van der Waals surface area contributed by atoms with Crippen molar-refractivity contribution in [3.63, 3.8) is 0 Å². The lowest BCUT2D eigenvalue weighted by Crippen LogP contribution is -2.46. The number of hydrogen-bond donors (Lipinski definition) is 2. The van der Waals surface area contributed by atoms with Crippen molar-refractivity contribution in [1.29, 1.82) is 0 Å². The van der Waals surface area contributed by atoms with E-state index in [0.717, 1.165) is 0 Å². The van der Waals surface area contributed by atoms with Gasteiger partial charge in [0.05, 0.1) is 12.1 Å². The van der Waals surface area contributed by atoms with Gasteiger partial charge in [-0.3, -0.25) is 5.21 Å². The lowest BCUT2D eigenvalue weighted by Gasteiger charge is -2.32. The maximum Gasteiger partial charge on any atom is 0.434 e. The average molecular weight is 271 g/mol. The molecule has 0 saturated carbocycles. The molecule has 0 heterocycles. The van der Waals surface area contributed by atoms with Crippen LogP contribution < -0.4 is 0 Å². The molecule has 0 fully saturated rings. The summed E-state index contributed by atoms with van der Waals surface area (Å²) in [4.78, 5) is 11.8. The molecule has 1 aliphatic carbocycles. The van der Waals surface area contributed by atoms with Gasteiger partial charge < -0.3 is 9.84 Å². The van der Waals surface area contributed by atoms with Gasteiger partial charge in [0.25, 0.3) is 0 Å². The molecule has 19 heavy (non-hydrogen) atoms. The second-order valence-electron chi connectivity index (χ2n) is 6.37. The number of carbonyl (C=O) groups excluding carboxylic acids is 1. The zero-order chi connectivity index (χ0) is 14.8. The van der Waals surface area contributed by atoms with E-state index in [1.165, 1.54) is 0 Å². The summed E-state index contributed by atoms with van der Waals surface area (Å²) in [5.74, 6) is -0.209. The van der Waals surface area contributed by atoms with Crippen molar-refractivity contribution in [2.24, 2.45) is 11.8 Å². The first-order valence-electron chi connectivity index (χ1n) is 6.69. The minimum atomic E-state index is -0.776. The molecule has 3 unspecified atom stereocenters. The Morgan fingerprint density at radius 2 is 2.00 bits per heavy atom. The molecule has 110 valence electrons. The molecular weight excluding hydrogens is 246 g/mol. The number of rotatable bonds is 3. The Labute approximate surface area is 114 Å². The van der Waals surface area contributed by atoms with Crippen LogP contribution in [0.15, 0.2) is 12.2 Å². The third-order valence-electron chi connectivity index (χ3n) is 3.15. The zero-order valence-corrected chi connectivity index (χ0v) is 12.3. The largest absolute Gasteiger partial charge is 0.442 e.